The van der Waals surface area contributed by atoms with E-state index in [-0.39, 0.29) is 24.0 Å². The molecule has 2 heterocycles. The number of aromatic nitrogens is 1. The predicted octanol–water partition coefficient (Wildman–Crippen LogP) is 4.91. The molecule has 0 spiro atoms. The standard InChI is InChI=1S/C24H25FN2O3/c25-16-7-9-19-21(11-16)30-13-17(26)12-27-20-10-15(24(28)29)6-8-18(20)22(23(19)27)14-4-2-1-3-5-14/h6-11,14,17H,1-5,12-13,26H2,(H,28,29)/t17-/m1/s1. The fourth-order valence-corrected chi connectivity index (χ4v) is 5.09. The molecule has 2 aromatic carbocycles. The molecule has 156 valence electrons. The lowest BCUT2D eigenvalue weighted by molar-refractivity contribution is 0.0697. The first-order valence-electron chi connectivity index (χ1n) is 10.6. The van der Waals surface area contributed by atoms with Gasteiger partial charge in [-0.1, -0.05) is 25.3 Å². The van der Waals surface area contributed by atoms with Crippen molar-refractivity contribution in [3.8, 4) is 17.0 Å². The van der Waals surface area contributed by atoms with Gasteiger partial charge in [-0.25, -0.2) is 9.18 Å². The predicted molar refractivity (Wildman–Crippen MR) is 114 cm³/mol. The lowest BCUT2D eigenvalue weighted by Crippen LogP contribution is -2.34. The smallest absolute Gasteiger partial charge is 0.335 e. The number of halogens is 1. The Hall–Kier alpha value is -2.86. The molecule has 0 radical (unpaired) electrons. The van der Waals surface area contributed by atoms with Crippen LogP contribution in [0, 0.1) is 5.82 Å². The maximum absolute atomic E-state index is 14.0. The molecular weight excluding hydrogens is 383 g/mol. The van der Waals surface area contributed by atoms with Crippen molar-refractivity contribution >= 4 is 16.9 Å². The van der Waals surface area contributed by atoms with E-state index in [0.717, 1.165) is 35.0 Å². The highest BCUT2D eigenvalue weighted by atomic mass is 19.1. The number of fused-ring (bicyclic) bond motifs is 5. The van der Waals surface area contributed by atoms with Crippen molar-refractivity contribution in [3.63, 3.8) is 0 Å². The molecule has 3 aromatic rings. The first-order chi connectivity index (χ1) is 14.5. The Morgan fingerprint density at radius 1 is 1.13 bits per heavy atom. The zero-order valence-electron chi connectivity index (χ0n) is 16.7. The molecule has 30 heavy (non-hydrogen) atoms. The van der Waals surface area contributed by atoms with Crippen molar-refractivity contribution in [2.75, 3.05) is 6.61 Å². The number of nitrogens with two attached hydrogens (primary N) is 1. The summed E-state index contributed by atoms with van der Waals surface area (Å²) >= 11 is 0. The Morgan fingerprint density at radius 2 is 1.93 bits per heavy atom. The zero-order chi connectivity index (χ0) is 20.8. The molecule has 5 rings (SSSR count). The average Bonchev–Trinajstić information content (AvgIpc) is 3.04. The van der Waals surface area contributed by atoms with Gasteiger partial charge in [-0.2, -0.15) is 0 Å². The van der Waals surface area contributed by atoms with Gasteiger partial charge in [0.05, 0.1) is 17.3 Å². The number of benzene rings is 2. The number of hydrogen-bond acceptors (Lipinski definition) is 3. The zero-order valence-corrected chi connectivity index (χ0v) is 16.7. The van der Waals surface area contributed by atoms with Crippen LogP contribution in [0.1, 0.15) is 53.9 Å². The van der Waals surface area contributed by atoms with E-state index in [4.69, 9.17) is 10.5 Å². The van der Waals surface area contributed by atoms with E-state index >= 15 is 0 Å². The highest BCUT2D eigenvalue weighted by Gasteiger charge is 2.30. The summed E-state index contributed by atoms with van der Waals surface area (Å²) in [6, 6.07) is 9.70. The van der Waals surface area contributed by atoms with Crippen molar-refractivity contribution in [3.05, 3.63) is 53.3 Å². The highest BCUT2D eigenvalue weighted by molar-refractivity contribution is 5.98. The molecule has 1 aromatic heterocycles. The summed E-state index contributed by atoms with van der Waals surface area (Å²) in [4.78, 5) is 11.6. The summed E-state index contributed by atoms with van der Waals surface area (Å²) in [5, 5.41) is 10.6. The summed E-state index contributed by atoms with van der Waals surface area (Å²) in [6.45, 7) is 0.783. The molecule has 3 N–H and O–H groups in total. The third kappa shape index (κ3) is 3.16. The fourth-order valence-electron chi connectivity index (χ4n) is 5.09. The van der Waals surface area contributed by atoms with E-state index in [2.05, 4.69) is 4.57 Å². The van der Waals surface area contributed by atoms with E-state index in [1.165, 1.54) is 37.0 Å². The Balaban J connectivity index is 1.86. The lowest BCUT2D eigenvalue weighted by Gasteiger charge is -2.27. The van der Waals surface area contributed by atoms with Crippen LogP contribution in [0.4, 0.5) is 4.39 Å². The number of carbonyl (C=O) groups is 1. The Labute approximate surface area is 174 Å². The van der Waals surface area contributed by atoms with Crippen LogP contribution >= 0.6 is 0 Å². The number of carboxylic acids is 1. The van der Waals surface area contributed by atoms with E-state index in [1.807, 2.05) is 6.07 Å². The summed E-state index contributed by atoms with van der Waals surface area (Å²) in [7, 11) is 0. The van der Waals surface area contributed by atoms with Gasteiger partial charge < -0.3 is 20.1 Å². The van der Waals surface area contributed by atoms with Crippen LogP contribution in [0.25, 0.3) is 22.2 Å². The summed E-state index contributed by atoms with van der Waals surface area (Å²) in [6.07, 6.45) is 5.78. The second-order valence-electron chi connectivity index (χ2n) is 8.46. The molecule has 1 aliphatic heterocycles. The van der Waals surface area contributed by atoms with Crippen molar-refractivity contribution in [2.24, 2.45) is 5.73 Å². The molecular formula is C24H25FN2O3. The largest absolute Gasteiger partial charge is 0.491 e. The molecule has 0 saturated heterocycles. The maximum Gasteiger partial charge on any atom is 0.335 e. The van der Waals surface area contributed by atoms with Crippen LogP contribution in [-0.4, -0.2) is 28.3 Å². The van der Waals surface area contributed by atoms with Gasteiger partial charge in [0.2, 0.25) is 0 Å². The topological polar surface area (TPSA) is 77.5 Å². The van der Waals surface area contributed by atoms with Crippen LogP contribution in [-0.2, 0) is 6.54 Å². The molecule has 1 aliphatic carbocycles. The van der Waals surface area contributed by atoms with Crippen molar-refractivity contribution in [1.29, 1.82) is 0 Å². The number of ether oxygens (including phenoxy) is 1. The van der Waals surface area contributed by atoms with E-state index in [1.54, 1.807) is 18.2 Å². The third-order valence-electron chi connectivity index (χ3n) is 6.43. The SMILES string of the molecule is N[C@H]1COc2cc(F)ccc2-c2c(C3CCCCC3)c3ccc(C(=O)O)cc3n2C1. The monoisotopic (exact) mass is 408 g/mol. The Kier molecular flexibility index (Phi) is 4.74. The van der Waals surface area contributed by atoms with Crippen molar-refractivity contribution in [2.45, 2.75) is 50.6 Å². The van der Waals surface area contributed by atoms with Crippen molar-refractivity contribution in [1.82, 2.24) is 4.57 Å². The molecule has 2 aliphatic rings. The quantitative estimate of drug-likeness (QED) is 0.631. The lowest BCUT2D eigenvalue weighted by atomic mass is 9.81. The van der Waals surface area contributed by atoms with Crippen molar-refractivity contribution < 1.29 is 19.0 Å². The number of nitrogens with zero attached hydrogens (tertiary/aromatic N) is 1. The summed E-state index contributed by atoms with van der Waals surface area (Å²) in [5.41, 5.74) is 10.5. The molecule has 0 unspecified atom stereocenters. The second-order valence-corrected chi connectivity index (χ2v) is 8.46. The molecule has 0 amide bonds. The molecule has 1 saturated carbocycles. The van der Waals surface area contributed by atoms with Gasteiger partial charge >= 0.3 is 5.97 Å². The van der Waals surface area contributed by atoms with Gasteiger partial charge in [0.25, 0.3) is 0 Å². The maximum atomic E-state index is 14.0. The molecule has 0 bridgehead atoms. The van der Waals surface area contributed by atoms with Crippen LogP contribution < -0.4 is 10.5 Å². The first-order valence-corrected chi connectivity index (χ1v) is 10.6. The third-order valence-corrected chi connectivity index (χ3v) is 6.43. The second kappa shape index (κ2) is 7.43. The van der Waals surface area contributed by atoms with E-state index in [0.29, 0.717) is 18.2 Å². The van der Waals surface area contributed by atoms with Gasteiger partial charge in [-0.3, -0.25) is 0 Å². The number of hydrogen-bond donors (Lipinski definition) is 2. The van der Waals surface area contributed by atoms with Gasteiger partial charge in [-0.15, -0.1) is 0 Å². The van der Waals surface area contributed by atoms with E-state index < -0.39 is 5.97 Å². The number of aromatic carboxylic acids is 1. The summed E-state index contributed by atoms with van der Waals surface area (Å²) in [5.74, 6) is -0.433. The minimum atomic E-state index is -0.951. The minimum Gasteiger partial charge on any atom is -0.491 e. The normalized spacial score (nSPS) is 19.5. The Bertz CT molecular complexity index is 1130. The van der Waals surface area contributed by atoms with Crippen LogP contribution in [0.15, 0.2) is 36.4 Å². The molecule has 6 heteroatoms. The summed E-state index contributed by atoms with van der Waals surface area (Å²) < 4.78 is 22.1. The highest BCUT2D eigenvalue weighted by Crippen LogP contribution is 2.47. The molecule has 1 atom stereocenters. The Morgan fingerprint density at radius 3 is 2.70 bits per heavy atom. The fraction of sp³-hybridized carbons (Fsp3) is 0.375. The van der Waals surface area contributed by atoms with Gasteiger partial charge in [0, 0.05) is 29.1 Å². The minimum absolute atomic E-state index is 0.254. The first kappa shape index (κ1) is 19.1. The number of rotatable bonds is 2. The van der Waals surface area contributed by atoms with E-state index in [9.17, 15) is 14.3 Å². The van der Waals surface area contributed by atoms with Gasteiger partial charge in [-0.05, 0) is 48.6 Å². The van der Waals surface area contributed by atoms with Crippen LogP contribution in [0.3, 0.4) is 0 Å². The van der Waals surface area contributed by atoms with Gasteiger partial charge in [0.1, 0.15) is 18.2 Å². The molecule has 1 fully saturated rings. The molecule has 5 nitrogen and oxygen atoms in total. The average molecular weight is 408 g/mol. The van der Waals surface area contributed by atoms with Crippen LogP contribution in [0.2, 0.25) is 0 Å². The van der Waals surface area contributed by atoms with Gasteiger partial charge in [0.15, 0.2) is 0 Å². The van der Waals surface area contributed by atoms with Crippen LogP contribution in [0.5, 0.6) is 5.75 Å². The number of carboxylic acid groups (broad SMARTS) is 1.